The minimum atomic E-state index is -0.251. The molecule has 1 heterocycles. The molecule has 2 N–H and O–H groups in total. The van der Waals surface area contributed by atoms with Crippen molar-refractivity contribution in [3.05, 3.63) is 71.5 Å². The second-order valence-corrected chi connectivity index (χ2v) is 6.31. The molecule has 0 saturated heterocycles. The van der Waals surface area contributed by atoms with Crippen molar-refractivity contribution in [3.8, 4) is 5.69 Å². The van der Waals surface area contributed by atoms with Crippen LogP contribution >= 0.6 is 0 Å². The molecule has 0 unspecified atom stereocenters. The van der Waals surface area contributed by atoms with Gasteiger partial charge in [0.15, 0.2) is 0 Å². The van der Waals surface area contributed by atoms with Crippen molar-refractivity contribution >= 4 is 23.2 Å². The van der Waals surface area contributed by atoms with Crippen LogP contribution in [0.4, 0.5) is 11.4 Å². The summed E-state index contributed by atoms with van der Waals surface area (Å²) in [6.07, 6.45) is 0. The first-order valence-electron chi connectivity index (χ1n) is 8.81. The number of ether oxygens (including phenoxy) is 1. The summed E-state index contributed by atoms with van der Waals surface area (Å²) < 4.78 is 6.58. The Morgan fingerprint density at radius 1 is 1.00 bits per heavy atom. The highest BCUT2D eigenvalue weighted by Gasteiger charge is 2.16. The summed E-state index contributed by atoms with van der Waals surface area (Å²) in [5.74, 6) is -0.493. The van der Waals surface area contributed by atoms with Crippen molar-refractivity contribution < 1.29 is 14.3 Å². The summed E-state index contributed by atoms with van der Waals surface area (Å²) in [5.41, 5.74) is 4.28. The van der Waals surface area contributed by atoms with Crippen LogP contribution in [-0.4, -0.2) is 35.3 Å². The van der Waals surface area contributed by atoms with Crippen LogP contribution in [0.1, 0.15) is 21.7 Å². The highest BCUT2D eigenvalue weighted by Crippen LogP contribution is 2.23. The number of anilines is 2. The average molecular weight is 378 g/mol. The van der Waals surface area contributed by atoms with Crippen LogP contribution in [0.5, 0.6) is 0 Å². The number of amides is 2. The maximum Gasteiger partial charge on any atom is 0.255 e. The molecule has 28 heavy (non-hydrogen) atoms. The molecule has 0 aliphatic heterocycles. The van der Waals surface area contributed by atoms with Crippen molar-refractivity contribution in [2.45, 2.75) is 13.8 Å². The van der Waals surface area contributed by atoms with Crippen molar-refractivity contribution in [1.82, 2.24) is 9.78 Å². The molecule has 2 aromatic carbocycles. The second-order valence-electron chi connectivity index (χ2n) is 6.31. The minimum Gasteiger partial charge on any atom is -0.375 e. The van der Waals surface area contributed by atoms with E-state index in [1.807, 2.05) is 44.2 Å². The predicted molar refractivity (Wildman–Crippen MR) is 108 cm³/mol. The molecule has 7 heteroatoms. The molecule has 3 rings (SSSR count). The SMILES string of the molecule is COCC(=O)Nc1ccc(C(=O)Nc2c(C)nn(-c3ccccc3)c2C)cc1. The van der Waals surface area contributed by atoms with Gasteiger partial charge in [-0.25, -0.2) is 4.68 Å². The molecular formula is C21H22N4O3. The largest absolute Gasteiger partial charge is 0.375 e. The van der Waals surface area contributed by atoms with Crippen molar-refractivity contribution in [3.63, 3.8) is 0 Å². The minimum absolute atomic E-state index is 0.0216. The Morgan fingerprint density at radius 3 is 2.32 bits per heavy atom. The molecule has 0 atom stereocenters. The number of aromatic nitrogens is 2. The summed E-state index contributed by atoms with van der Waals surface area (Å²) in [6, 6.07) is 16.4. The van der Waals surface area contributed by atoms with E-state index in [1.54, 1.807) is 28.9 Å². The molecular weight excluding hydrogens is 356 g/mol. The highest BCUT2D eigenvalue weighted by atomic mass is 16.5. The third-order valence-corrected chi connectivity index (χ3v) is 4.24. The van der Waals surface area contributed by atoms with Crippen LogP contribution in [0.3, 0.4) is 0 Å². The highest BCUT2D eigenvalue weighted by molar-refractivity contribution is 6.05. The molecule has 0 aliphatic carbocycles. The van der Waals surface area contributed by atoms with Crippen molar-refractivity contribution in [2.75, 3.05) is 24.4 Å². The van der Waals surface area contributed by atoms with E-state index in [2.05, 4.69) is 15.7 Å². The van der Waals surface area contributed by atoms with E-state index in [4.69, 9.17) is 4.74 Å². The quantitative estimate of drug-likeness (QED) is 0.689. The number of aryl methyl sites for hydroxylation is 1. The van der Waals surface area contributed by atoms with E-state index in [9.17, 15) is 9.59 Å². The van der Waals surface area contributed by atoms with E-state index in [0.29, 0.717) is 16.9 Å². The van der Waals surface area contributed by atoms with Crippen LogP contribution in [0.2, 0.25) is 0 Å². The molecule has 0 spiro atoms. The lowest BCUT2D eigenvalue weighted by atomic mass is 10.2. The number of nitrogens with one attached hydrogen (secondary N) is 2. The number of hydrogen-bond acceptors (Lipinski definition) is 4. The van der Waals surface area contributed by atoms with E-state index in [1.165, 1.54) is 7.11 Å². The standard InChI is InChI=1S/C21H22N4O3/c1-14-20(15(2)25(24-14)18-7-5-4-6-8-18)23-21(27)16-9-11-17(12-10-16)22-19(26)13-28-3/h4-12H,13H2,1-3H3,(H,22,26)(H,23,27). The number of methoxy groups -OCH3 is 1. The van der Waals surface area contributed by atoms with Crippen molar-refractivity contribution in [1.29, 1.82) is 0 Å². The third kappa shape index (κ3) is 4.27. The van der Waals surface area contributed by atoms with Gasteiger partial charge in [-0.1, -0.05) is 18.2 Å². The third-order valence-electron chi connectivity index (χ3n) is 4.24. The molecule has 0 fully saturated rings. The summed E-state index contributed by atoms with van der Waals surface area (Å²) in [5, 5.41) is 10.2. The molecule has 1 aromatic heterocycles. The van der Waals surface area contributed by atoms with E-state index < -0.39 is 0 Å². The lowest BCUT2D eigenvalue weighted by Gasteiger charge is -2.08. The molecule has 0 radical (unpaired) electrons. The van der Waals surface area contributed by atoms with Gasteiger partial charge in [-0.15, -0.1) is 0 Å². The molecule has 0 bridgehead atoms. The van der Waals surface area contributed by atoms with Crippen LogP contribution < -0.4 is 10.6 Å². The smallest absolute Gasteiger partial charge is 0.255 e. The molecule has 144 valence electrons. The van der Waals surface area contributed by atoms with Crippen LogP contribution in [0.15, 0.2) is 54.6 Å². The van der Waals surface area contributed by atoms with Gasteiger partial charge < -0.3 is 15.4 Å². The first kappa shape index (κ1) is 19.3. The zero-order valence-electron chi connectivity index (χ0n) is 16.0. The summed E-state index contributed by atoms with van der Waals surface area (Å²) in [7, 11) is 1.46. The topological polar surface area (TPSA) is 85.2 Å². The normalized spacial score (nSPS) is 10.5. The molecule has 0 aliphatic rings. The Balaban J connectivity index is 1.75. The number of nitrogens with zero attached hydrogens (tertiary/aromatic N) is 2. The number of hydrogen-bond donors (Lipinski definition) is 2. The molecule has 3 aromatic rings. The summed E-state index contributed by atoms with van der Waals surface area (Å²) >= 11 is 0. The maximum absolute atomic E-state index is 12.6. The number of carbonyl (C=O) groups excluding carboxylic acids is 2. The summed E-state index contributed by atoms with van der Waals surface area (Å²) in [4.78, 5) is 24.2. The lowest BCUT2D eigenvalue weighted by molar-refractivity contribution is -0.119. The van der Waals surface area contributed by atoms with Gasteiger partial charge in [0.1, 0.15) is 6.61 Å². The molecule has 2 amide bonds. The molecule has 7 nitrogen and oxygen atoms in total. The van der Waals surface area contributed by atoms with Gasteiger partial charge in [-0.2, -0.15) is 5.10 Å². The zero-order valence-corrected chi connectivity index (χ0v) is 16.0. The average Bonchev–Trinajstić information content (AvgIpc) is 2.97. The van der Waals surface area contributed by atoms with E-state index in [-0.39, 0.29) is 18.4 Å². The van der Waals surface area contributed by atoms with Gasteiger partial charge in [0, 0.05) is 18.4 Å². The summed E-state index contributed by atoms with van der Waals surface area (Å²) in [6.45, 7) is 3.75. The fourth-order valence-electron chi connectivity index (χ4n) is 2.86. The Kier molecular flexibility index (Phi) is 5.86. The molecule has 0 saturated carbocycles. The fraction of sp³-hybridized carbons (Fsp3) is 0.190. The van der Waals surface area contributed by atoms with Gasteiger partial charge >= 0.3 is 0 Å². The second kappa shape index (κ2) is 8.49. The Morgan fingerprint density at radius 2 is 1.68 bits per heavy atom. The number of rotatable bonds is 6. The van der Waals surface area contributed by atoms with E-state index in [0.717, 1.165) is 17.1 Å². The van der Waals surface area contributed by atoms with Gasteiger partial charge in [-0.3, -0.25) is 9.59 Å². The predicted octanol–water partition coefficient (Wildman–Crippen LogP) is 3.33. The number of benzene rings is 2. The Hall–Kier alpha value is -3.45. The Labute approximate surface area is 163 Å². The Bertz CT molecular complexity index is 979. The van der Waals surface area contributed by atoms with Crippen LogP contribution in [0.25, 0.3) is 5.69 Å². The van der Waals surface area contributed by atoms with E-state index >= 15 is 0 Å². The number of para-hydroxylation sites is 1. The lowest BCUT2D eigenvalue weighted by Crippen LogP contribution is -2.17. The first-order chi connectivity index (χ1) is 13.5. The maximum atomic E-state index is 12.6. The van der Waals surface area contributed by atoms with Crippen molar-refractivity contribution in [2.24, 2.45) is 0 Å². The number of carbonyl (C=O) groups is 2. The van der Waals surface area contributed by atoms with Gasteiger partial charge in [0.25, 0.3) is 5.91 Å². The van der Waals surface area contributed by atoms with Gasteiger partial charge in [0.2, 0.25) is 5.91 Å². The monoisotopic (exact) mass is 378 g/mol. The van der Waals surface area contributed by atoms with Gasteiger partial charge in [-0.05, 0) is 50.2 Å². The van der Waals surface area contributed by atoms with Crippen LogP contribution in [-0.2, 0) is 9.53 Å². The fourth-order valence-corrected chi connectivity index (χ4v) is 2.86. The zero-order chi connectivity index (χ0) is 20.1. The first-order valence-corrected chi connectivity index (χ1v) is 8.81. The van der Waals surface area contributed by atoms with Gasteiger partial charge in [0.05, 0.1) is 22.8 Å². The van der Waals surface area contributed by atoms with Crippen LogP contribution in [0, 0.1) is 13.8 Å².